The number of aromatic nitrogens is 2. The number of rotatable bonds is 4. The number of fused-ring (bicyclic) bond motifs is 2. The molecular weight excluding hydrogens is 368 g/mol. The van der Waals surface area contributed by atoms with E-state index in [-0.39, 0.29) is 0 Å². The van der Waals surface area contributed by atoms with Gasteiger partial charge in [-0.15, -0.1) is 11.3 Å². The maximum atomic E-state index is 11.7. The van der Waals surface area contributed by atoms with Crippen LogP contribution in [-0.4, -0.2) is 22.1 Å². The molecule has 3 N–H and O–H groups in total. The minimum atomic E-state index is -0.539. The second-order valence-electron chi connectivity index (χ2n) is 7.13. The van der Waals surface area contributed by atoms with E-state index in [0.717, 1.165) is 30.0 Å². The Morgan fingerprint density at radius 3 is 3.00 bits per heavy atom. The summed E-state index contributed by atoms with van der Waals surface area (Å²) in [4.78, 5) is 14.2. The van der Waals surface area contributed by atoms with Gasteiger partial charge in [0.05, 0.1) is 15.4 Å². The molecule has 136 valence electrons. The highest BCUT2D eigenvalue weighted by atomic mass is 35.5. The van der Waals surface area contributed by atoms with Crippen LogP contribution in [0.1, 0.15) is 47.2 Å². The SMILES string of the molecule is CC(C)CC1NCCc2sc(-c3ccc4c(Cl)cc(C(N)=O)n4n3)cc21. The molecule has 0 aromatic carbocycles. The number of halogens is 1. The Labute approximate surface area is 161 Å². The minimum absolute atomic E-state index is 0.299. The van der Waals surface area contributed by atoms with Gasteiger partial charge in [-0.2, -0.15) is 5.10 Å². The summed E-state index contributed by atoms with van der Waals surface area (Å²) in [6, 6.07) is 8.04. The van der Waals surface area contributed by atoms with Gasteiger partial charge >= 0.3 is 0 Å². The van der Waals surface area contributed by atoms with Crippen molar-refractivity contribution < 1.29 is 4.79 Å². The molecule has 4 heterocycles. The van der Waals surface area contributed by atoms with Gasteiger partial charge in [-0.25, -0.2) is 4.52 Å². The third kappa shape index (κ3) is 3.02. The number of primary amides is 1. The van der Waals surface area contributed by atoms with Crippen LogP contribution in [0.4, 0.5) is 0 Å². The van der Waals surface area contributed by atoms with Gasteiger partial charge in [0.2, 0.25) is 0 Å². The molecule has 1 amide bonds. The number of nitrogens with one attached hydrogen (secondary N) is 1. The second-order valence-corrected chi connectivity index (χ2v) is 8.68. The molecule has 3 aromatic rings. The fourth-order valence-corrected chi connectivity index (χ4v) is 5.00. The standard InChI is InChI=1S/C19H21ClN4OS/c1-10(2)7-14-11-8-18(26-17(11)5-6-22-14)13-3-4-15-12(20)9-16(19(21)25)24(15)23-13/h3-4,8-10,14,22H,5-7H2,1-2H3,(H2,21,25). The molecule has 1 unspecified atom stereocenters. The zero-order valence-corrected chi connectivity index (χ0v) is 16.3. The Balaban J connectivity index is 1.78. The zero-order chi connectivity index (χ0) is 18.4. The molecule has 1 aliphatic heterocycles. The molecule has 0 radical (unpaired) electrons. The van der Waals surface area contributed by atoms with Crippen LogP contribution in [0.15, 0.2) is 24.3 Å². The molecule has 0 bridgehead atoms. The lowest BCUT2D eigenvalue weighted by Crippen LogP contribution is -2.29. The molecule has 3 aromatic heterocycles. The predicted molar refractivity (Wildman–Crippen MR) is 106 cm³/mol. The molecular formula is C19H21ClN4OS. The summed E-state index contributed by atoms with van der Waals surface area (Å²) >= 11 is 7.98. The number of thiophene rings is 1. The molecule has 7 heteroatoms. The van der Waals surface area contributed by atoms with Gasteiger partial charge < -0.3 is 11.1 Å². The molecule has 5 nitrogen and oxygen atoms in total. The van der Waals surface area contributed by atoms with Crippen LogP contribution in [0, 0.1) is 5.92 Å². The summed E-state index contributed by atoms with van der Waals surface area (Å²) in [5.74, 6) is 0.0969. The predicted octanol–water partition coefficient (Wildman–Crippen LogP) is 4.05. The van der Waals surface area contributed by atoms with Gasteiger partial charge in [0.15, 0.2) is 0 Å². The molecule has 0 aliphatic carbocycles. The van der Waals surface area contributed by atoms with E-state index in [1.165, 1.54) is 10.4 Å². The van der Waals surface area contributed by atoms with Crippen LogP contribution >= 0.6 is 22.9 Å². The number of hydrogen-bond acceptors (Lipinski definition) is 4. The van der Waals surface area contributed by atoms with E-state index in [4.69, 9.17) is 17.3 Å². The van der Waals surface area contributed by atoms with E-state index >= 15 is 0 Å². The lowest BCUT2D eigenvalue weighted by atomic mass is 9.94. The summed E-state index contributed by atoms with van der Waals surface area (Å²) in [6.45, 7) is 5.51. The van der Waals surface area contributed by atoms with E-state index in [0.29, 0.717) is 28.2 Å². The maximum Gasteiger partial charge on any atom is 0.267 e. The van der Waals surface area contributed by atoms with E-state index in [9.17, 15) is 4.79 Å². The van der Waals surface area contributed by atoms with Crippen molar-refractivity contribution in [1.29, 1.82) is 0 Å². The Bertz CT molecular complexity index is 991. The first kappa shape index (κ1) is 17.5. The first-order valence-electron chi connectivity index (χ1n) is 8.78. The molecule has 4 rings (SSSR count). The van der Waals surface area contributed by atoms with E-state index in [1.54, 1.807) is 21.9 Å². The Hall–Kier alpha value is -1.89. The first-order valence-corrected chi connectivity index (χ1v) is 9.98. The Morgan fingerprint density at radius 1 is 1.46 bits per heavy atom. The number of nitrogens with two attached hydrogens (primary N) is 1. The van der Waals surface area contributed by atoms with Crippen LogP contribution in [0.25, 0.3) is 16.1 Å². The van der Waals surface area contributed by atoms with Gasteiger partial charge in [0, 0.05) is 17.5 Å². The summed E-state index contributed by atoms with van der Waals surface area (Å²) in [6.07, 6.45) is 2.16. The topological polar surface area (TPSA) is 72.4 Å². The van der Waals surface area contributed by atoms with Crippen molar-refractivity contribution in [1.82, 2.24) is 14.9 Å². The quantitative estimate of drug-likeness (QED) is 0.708. The highest BCUT2D eigenvalue weighted by Crippen LogP contribution is 2.38. The normalized spacial score (nSPS) is 17.0. The molecule has 0 spiro atoms. The smallest absolute Gasteiger partial charge is 0.267 e. The average molecular weight is 389 g/mol. The van der Waals surface area contributed by atoms with Crippen LogP contribution in [0.3, 0.4) is 0 Å². The number of amides is 1. The molecule has 1 aliphatic rings. The van der Waals surface area contributed by atoms with Crippen molar-refractivity contribution in [2.45, 2.75) is 32.7 Å². The van der Waals surface area contributed by atoms with Gasteiger partial charge in [0.1, 0.15) is 11.4 Å². The van der Waals surface area contributed by atoms with Crippen LogP contribution in [-0.2, 0) is 6.42 Å². The average Bonchev–Trinajstić information content (AvgIpc) is 3.16. The lowest BCUT2D eigenvalue weighted by Gasteiger charge is -2.25. The number of carbonyl (C=O) groups is 1. The van der Waals surface area contributed by atoms with E-state index in [1.807, 2.05) is 12.1 Å². The first-order chi connectivity index (χ1) is 12.4. The third-order valence-corrected chi connectivity index (χ3v) is 6.28. The van der Waals surface area contributed by atoms with Crippen molar-refractivity contribution in [3.8, 4) is 10.6 Å². The fraction of sp³-hybridized carbons (Fsp3) is 0.368. The van der Waals surface area contributed by atoms with Crippen molar-refractivity contribution in [2.75, 3.05) is 6.54 Å². The van der Waals surface area contributed by atoms with Crippen molar-refractivity contribution in [3.63, 3.8) is 0 Å². The Kier molecular flexibility index (Phi) is 4.50. The van der Waals surface area contributed by atoms with Gasteiger partial charge in [0.25, 0.3) is 5.91 Å². The van der Waals surface area contributed by atoms with Crippen molar-refractivity contribution in [3.05, 3.63) is 45.4 Å². The number of nitrogens with zero attached hydrogens (tertiary/aromatic N) is 2. The zero-order valence-electron chi connectivity index (χ0n) is 14.8. The summed E-state index contributed by atoms with van der Waals surface area (Å²) in [5.41, 5.74) is 8.66. The van der Waals surface area contributed by atoms with Gasteiger partial charge in [-0.1, -0.05) is 25.4 Å². The molecule has 26 heavy (non-hydrogen) atoms. The van der Waals surface area contributed by atoms with Gasteiger partial charge in [-0.3, -0.25) is 4.79 Å². The monoisotopic (exact) mass is 388 g/mol. The van der Waals surface area contributed by atoms with Crippen molar-refractivity contribution >= 4 is 34.4 Å². The number of hydrogen-bond donors (Lipinski definition) is 2. The van der Waals surface area contributed by atoms with Crippen LogP contribution < -0.4 is 11.1 Å². The third-order valence-electron chi connectivity index (χ3n) is 4.74. The number of carbonyl (C=O) groups excluding carboxylic acids is 1. The highest BCUT2D eigenvalue weighted by Gasteiger charge is 2.24. The molecule has 1 atom stereocenters. The summed E-state index contributed by atoms with van der Waals surface area (Å²) < 4.78 is 1.54. The maximum absolute atomic E-state index is 11.7. The van der Waals surface area contributed by atoms with Crippen LogP contribution in [0.5, 0.6) is 0 Å². The van der Waals surface area contributed by atoms with Gasteiger partial charge in [-0.05, 0) is 48.6 Å². The highest BCUT2D eigenvalue weighted by molar-refractivity contribution is 7.15. The summed E-state index contributed by atoms with van der Waals surface area (Å²) in [7, 11) is 0. The lowest BCUT2D eigenvalue weighted by molar-refractivity contribution is 0.0994. The second kappa shape index (κ2) is 6.68. The van der Waals surface area contributed by atoms with Crippen molar-refractivity contribution in [2.24, 2.45) is 11.7 Å². The van der Waals surface area contributed by atoms with Crippen LogP contribution in [0.2, 0.25) is 5.02 Å². The molecule has 0 fully saturated rings. The summed E-state index contributed by atoms with van der Waals surface area (Å²) in [5, 5.41) is 8.75. The molecule has 0 saturated heterocycles. The molecule has 0 saturated carbocycles. The minimum Gasteiger partial charge on any atom is -0.364 e. The fourth-order valence-electron chi connectivity index (χ4n) is 3.56. The largest absolute Gasteiger partial charge is 0.364 e. The van der Waals surface area contributed by atoms with E-state index < -0.39 is 5.91 Å². The van der Waals surface area contributed by atoms with E-state index in [2.05, 4.69) is 30.3 Å². The Morgan fingerprint density at radius 2 is 2.27 bits per heavy atom.